The lowest BCUT2D eigenvalue weighted by molar-refractivity contribution is 0.165. The second kappa shape index (κ2) is 5.33. The number of pyridine rings is 1. The summed E-state index contributed by atoms with van der Waals surface area (Å²) >= 11 is 5.69. The fraction of sp³-hybridized carbons (Fsp3) is 0.545. The van der Waals surface area contributed by atoms with Crippen molar-refractivity contribution in [1.29, 1.82) is 0 Å². The summed E-state index contributed by atoms with van der Waals surface area (Å²) < 4.78 is 10.9. The number of halogens is 1. The first kappa shape index (κ1) is 10.7. The topological polar surface area (TPSA) is 31.4 Å². The van der Waals surface area contributed by atoms with E-state index in [4.69, 9.17) is 21.1 Å². The molecule has 1 saturated heterocycles. The average molecular weight is 228 g/mol. The Balaban J connectivity index is 1.86. The number of hydrogen-bond acceptors (Lipinski definition) is 3. The van der Waals surface area contributed by atoms with Crippen molar-refractivity contribution in [2.75, 3.05) is 19.8 Å². The van der Waals surface area contributed by atoms with Gasteiger partial charge in [0.2, 0.25) is 5.88 Å². The van der Waals surface area contributed by atoms with E-state index in [-0.39, 0.29) is 0 Å². The van der Waals surface area contributed by atoms with Crippen LogP contribution in [0.15, 0.2) is 18.2 Å². The first-order valence-electron chi connectivity index (χ1n) is 5.11. The maximum atomic E-state index is 5.69. The minimum absolute atomic E-state index is 0.420. The highest BCUT2D eigenvalue weighted by Gasteiger charge is 2.16. The maximum absolute atomic E-state index is 5.69. The van der Waals surface area contributed by atoms with Crippen LogP contribution in [0.4, 0.5) is 0 Å². The van der Waals surface area contributed by atoms with Gasteiger partial charge in [-0.15, -0.1) is 11.6 Å². The molecule has 0 saturated carbocycles. The Hall–Kier alpha value is -0.800. The summed E-state index contributed by atoms with van der Waals surface area (Å²) in [5.74, 6) is 1.58. The monoisotopic (exact) mass is 227 g/mol. The van der Waals surface area contributed by atoms with Crippen molar-refractivity contribution < 1.29 is 9.47 Å². The molecule has 0 N–H and O–H groups in total. The van der Waals surface area contributed by atoms with E-state index in [1.54, 1.807) is 0 Å². The fourth-order valence-corrected chi connectivity index (χ4v) is 1.68. The fourth-order valence-electron chi connectivity index (χ4n) is 1.53. The predicted molar refractivity (Wildman–Crippen MR) is 58.2 cm³/mol. The molecule has 15 heavy (non-hydrogen) atoms. The van der Waals surface area contributed by atoms with Gasteiger partial charge in [-0.25, -0.2) is 4.98 Å². The summed E-state index contributed by atoms with van der Waals surface area (Å²) in [7, 11) is 0. The van der Waals surface area contributed by atoms with E-state index in [2.05, 4.69) is 4.98 Å². The van der Waals surface area contributed by atoms with Gasteiger partial charge in [-0.2, -0.15) is 0 Å². The number of aromatic nitrogens is 1. The van der Waals surface area contributed by atoms with Gasteiger partial charge < -0.3 is 9.47 Å². The van der Waals surface area contributed by atoms with Crippen molar-refractivity contribution in [3.05, 3.63) is 23.9 Å². The molecular formula is C11H14ClNO2. The molecular weight excluding hydrogens is 214 g/mol. The van der Waals surface area contributed by atoms with Crippen LogP contribution in [0, 0.1) is 5.92 Å². The van der Waals surface area contributed by atoms with Crippen LogP contribution in [0.5, 0.6) is 5.88 Å². The molecule has 0 bridgehead atoms. The van der Waals surface area contributed by atoms with Gasteiger partial charge in [0.15, 0.2) is 0 Å². The van der Waals surface area contributed by atoms with Crippen LogP contribution in [0.2, 0.25) is 0 Å². The molecule has 1 unspecified atom stereocenters. The quantitative estimate of drug-likeness (QED) is 0.740. The van der Waals surface area contributed by atoms with Crippen LogP contribution in [-0.2, 0) is 10.6 Å². The van der Waals surface area contributed by atoms with E-state index in [1.807, 2.05) is 18.2 Å². The van der Waals surface area contributed by atoms with Gasteiger partial charge in [0.1, 0.15) is 0 Å². The number of nitrogens with zero attached hydrogens (tertiary/aromatic N) is 1. The van der Waals surface area contributed by atoms with Crippen molar-refractivity contribution >= 4 is 11.6 Å². The molecule has 0 amide bonds. The third-order valence-corrected chi connectivity index (χ3v) is 2.68. The molecule has 0 spiro atoms. The second-order valence-corrected chi connectivity index (χ2v) is 3.91. The minimum Gasteiger partial charge on any atom is -0.477 e. The van der Waals surface area contributed by atoms with E-state index < -0.39 is 0 Å². The van der Waals surface area contributed by atoms with Gasteiger partial charge in [-0.3, -0.25) is 0 Å². The largest absolute Gasteiger partial charge is 0.477 e. The third-order valence-electron chi connectivity index (χ3n) is 2.41. The summed E-state index contributed by atoms with van der Waals surface area (Å²) in [5, 5.41) is 0. The van der Waals surface area contributed by atoms with Crippen LogP contribution in [0.25, 0.3) is 0 Å². The Labute approximate surface area is 94.4 Å². The van der Waals surface area contributed by atoms with Gasteiger partial charge in [0, 0.05) is 18.6 Å². The zero-order valence-electron chi connectivity index (χ0n) is 8.49. The zero-order valence-corrected chi connectivity index (χ0v) is 9.24. The second-order valence-electron chi connectivity index (χ2n) is 3.64. The van der Waals surface area contributed by atoms with Crippen molar-refractivity contribution in [2.24, 2.45) is 5.92 Å². The molecule has 2 rings (SSSR count). The SMILES string of the molecule is ClCc1cccc(OCC2CCOC2)n1. The Morgan fingerprint density at radius 3 is 3.20 bits per heavy atom. The van der Waals surface area contributed by atoms with Gasteiger partial charge in [0.25, 0.3) is 0 Å². The summed E-state index contributed by atoms with van der Waals surface area (Å²) in [6.07, 6.45) is 1.08. The van der Waals surface area contributed by atoms with Crippen LogP contribution < -0.4 is 4.74 Å². The lowest BCUT2D eigenvalue weighted by Gasteiger charge is -2.09. The Kier molecular flexibility index (Phi) is 3.80. The molecule has 1 aliphatic heterocycles. The molecule has 2 heterocycles. The van der Waals surface area contributed by atoms with Crippen LogP contribution in [0.3, 0.4) is 0 Å². The van der Waals surface area contributed by atoms with Crippen LogP contribution in [-0.4, -0.2) is 24.8 Å². The molecule has 1 aromatic heterocycles. The number of hydrogen-bond donors (Lipinski definition) is 0. The lowest BCUT2D eigenvalue weighted by Crippen LogP contribution is -2.12. The Morgan fingerprint density at radius 1 is 1.53 bits per heavy atom. The zero-order chi connectivity index (χ0) is 10.5. The Bertz CT molecular complexity index is 313. The van der Waals surface area contributed by atoms with Crippen LogP contribution >= 0.6 is 11.6 Å². The first-order chi connectivity index (χ1) is 7.38. The highest BCUT2D eigenvalue weighted by molar-refractivity contribution is 6.16. The molecule has 1 aromatic rings. The van der Waals surface area contributed by atoms with E-state index in [9.17, 15) is 0 Å². The molecule has 3 nitrogen and oxygen atoms in total. The summed E-state index contributed by atoms with van der Waals surface area (Å²) in [6, 6.07) is 5.65. The van der Waals surface area contributed by atoms with E-state index in [0.717, 1.165) is 25.3 Å². The van der Waals surface area contributed by atoms with E-state index in [0.29, 0.717) is 24.3 Å². The standard InChI is InChI=1S/C11H14ClNO2/c12-6-10-2-1-3-11(13-10)15-8-9-4-5-14-7-9/h1-3,9H,4-8H2. The molecule has 0 radical (unpaired) electrons. The van der Waals surface area contributed by atoms with E-state index in [1.165, 1.54) is 0 Å². The third kappa shape index (κ3) is 3.08. The Morgan fingerprint density at radius 2 is 2.47 bits per heavy atom. The van der Waals surface area contributed by atoms with Crippen molar-refractivity contribution in [3.63, 3.8) is 0 Å². The van der Waals surface area contributed by atoms with Crippen LogP contribution in [0.1, 0.15) is 12.1 Å². The molecule has 1 aliphatic rings. The number of ether oxygens (including phenoxy) is 2. The molecule has 0 aliphatic carbocycles. The summed E-state index contributed by atoms with van der Waals surface area (Å²) in [4.78, 5) is 4.26. The summed E-state index contributed by atoms with van der Waals surface area (Å²) in [5.41, 5.74) is 0.844. The van der Waals surface area contributed by atoms with Crippen molar-refractivity contribution in [2.45, 2.75) is 12.3 Å². The normalized spacial score (nSPS) is 20.5. The number of alkyl halides is 1. The molecule has 82 valence electrons. The molecule has 0 aromatic carbocycles. The van der Waals surface area contributed by atoms with E-state index >= 15 is 0 Å². The van der Waals surface area contributed by atoms with Gasteiger partial charge in [0.05, 0.1) is 24.8 Å². The first-order valence-corrected chi connectivity index (χ1v) is 5.64. The number of rotatable bonds is 4. The maximum Gasteiger partial charge on any atom is 0.213 e. The highest BCUT2D eigenvalue weighted by Crippen LogP contribution is 2.15. The van der Waals surface area contributed by atoms with Gasteiger partial charge >= 0.3 is 0 Å². The highest BCUT2D eigenvalue weighted by atomic mass is 35.5. The molecule has 1 fully saturated rings. The lowest BCUT2D eigenvalue weighted by atomic mass is 10.1. The smallest absolute Gasteiger partial charge is 0.213 e. The molecule has 4 heteroatoms. The average Bonchev–Trinajstić information content (AvgIpc) is 2.79. The minimum atomic E-state index is 0.420. The van der Waals surface area contributed by atoms with Crippen molar-refractivity contribution in [3.8, 4) is 5.88 Å². The predicted octanol–water partition coefficient (Wildman–Crippen LogP) is 2.24. The summed E-state index contributed by atoms with van der Waals surface area (Å²) in [6.45, 7) is 2.33. The molecule has 1 atom stereocenters. The van der Waals surface area contributed by atoms with Crippen molar-refractivity contribution in [1.82, 2.24) is 4.98 Å². The van der Waals surface area contributed by atoms with Gasteiger partial charge in [-0.05, 0) is 12.5 Å². The van der Waals surface area contributed by atoms with Gasteiger partial charge in [-0.1, -0.05) is 6.07 Å².